The maximum atomic E-state index is 12.9. The molecule has 0 aliphatic carbocycles. The molecule has 144 valence electrons. The molecule has 0 N–H and O–H groups in total. The van der Waals surface area contributed by atoms with Gasteiger partial charge in [0.15, 0.2) is 0 Å². The molecule has 10 heteroatoms. The lowest BCUT2D eigenvalue weighted by atomic mass is 10.3. The van der Waals surface area contributed by atoms with E-state index in [1.807, 2.05) is 0 Å². The zero-order valence-corrected chi connectivity index (χ0v) is 17.9. The molecule has 1 aliphatic heterocycles. The van der Waals surface area contributed by atoms with Gasteiger partial charge >= 0.3 is 0 Å². The number of sulfonamides is 1. The summed E-state index contributed by atoms with van der Waals surface area (Å²) in [5, 5.41) is 0.100. The van der Waals surface area contributed by atoms with E-state index in [2.05, 4.69) is 15.9 Å². The Kier molecular flexibility index (Phi) is 6.32. The van der Waals surface area contributed by atoms with Crippen molar-refractivity contribution in [3.05, 3.63) is 56.9 Å². The first-order chi connectivity index (χ1) is 12.8. The van der Waals surface area contributed by atoms with Gasteiger partial charge in [-0.25, -0.2) is 8.42 Å². The molecule has 1 fully saturated rings. The van der Waals surface area contributed by atoms with E-state index in [1.165, 1.54) is 28.8 Å². The second-order valence-electron chi connectivity index (χ2n) is 5.78. The molecule has 1 aromatic carbocycles. The minimum Gasteiger partial charge on any atom is -0.465 e. The highest BCUT2D eigenvalue weighted by atomic mass is 79.9. The first-order valence-electron chi connectivity index (χ1n) is 7.94. The number of rotatable bonds is 4. The number of hydrogen-bond acceptors (Lipinski definition) is 4. The number of amides is 1. The number of nitrogens with zero attached hydrogens (tertiary/aromatic N) is 2. The molecule has 27 heavy (non-hydrogen) atoms. The zero-order valence-electron chi connectivity index (χ0n) is 13.9. The van der Waals surface area contributed by atoms with Gasteiger partial charge in [-0.1, -0.05) is 39.1 Å². The Labute approximate surface area is 175 Å². The summed E-state index contributed by atoms with van der Waals surface area (Å²) in [6.45, 7) is 0.857. The third-order valence-electron chi connectivity index (χ3n) is 4.04. The molecule has 1 saturated heterocycles. The Hall–Kier alpha value is -1.32. The lowest BCUT2D eigenvalue weighted by Crippen LogP contribution is -2.50. The topological polar surface area (TPSA) is 70.8 Å². The fraction of sp³-hybridized carbons (Fsp3) is 0.235. The zero-order chi connectivity index (χ0) is 19.6. The Morgan fingerprint density at radius 3 is 2.33 bits per heavy atom. The number of halogens is 3. The van der Waals surface area contributed by atoms with Crippen LogP contribution < -0.4 is 0 Å². The Morgan fingerprint density at radius 2 is 1.78 bits per heavy atom. The first kappa shape index (κ1) is 20.4. The number of piperazine rings is 1. The van der Waals surface area contributed by atoms with Crippen LogP contribution in [-0.2, 0) is 14.8 Å². The van der Waals surface area contributed by atoms with Crippen LogP contribution >= 0.6 is 39.1 Å². The second-order valence-corrected chi connectivity index (χ2v) is 9.38. The van der Waals surface area contributed by atoms with Crippen molar-refractivity contribution < 1.29 is 17.6 Å². The molecule has 6 nitrogen and oxygen atoms in total. The highest BCUT2D eigenvalue weighted by Crippen LogP contribution is 2.35. The number of hydrogen-bond donors (Lipinski definition) is 0. The van der Waals surface area contributed by atoms with E-state index >= 15 is 0 Å². The van der Waals surface area contributed by atoms with Crippen molar-refractivity contribution in [3.63, 3.8) is 0 Å². The fourth-order valence-corrected chi connectivity index (χ4v) is 6.00. The van der Waals surface area contributed by atoms with E-state index in [4.69, 9.17) is 27.6 Å². The van der Waals surface area contributed by atoms with Crippen LogP contribution in [-0.4, -0.2) is 49.7 Å². The standard InChI is InChI=1S/C17H15BrCl2N2O4S/c18-12-10-14(19)17(15(20)11-12)27(24,25)22-7-5-21(6-8-22)16(23)4-3-13-2-1-9-26-13/h1-4,9-11H,5-8H2/b4-3+. The van der Waals surface area contributed by atoms with Gasteiger partial charge in [0.1, 0.15) is 10.7 Å². The highest BCUT2D eigenvalue weighted by molar-refractivity contribution is 9.10. The summed E-state index contributed by atoms with van der Waals surface area (Å²) in [7, 11) is -3.86. The third-order valence-corrected chi connectivity index (χ3v) is 7.32. The van der Waals surface area contributed by atoms with Crippen LogP contribution in [0.25, 0.3) is 6.08 Å². The van der Waals surface area contributed by atoms with Gasteiger partial charge < -0.3 is 9.32 Å². The lowest BCUT2D eigenvalue weighted by Gasteiger charge is -2.33. The van der Waals surface area contributed by atoms with Crippen molar-refractivity contribution in [3.8, 4) is 0 Å². The molecule has 0 radical (unpaired) electrons. The van der Waals surface area contributed by atoms with E-state index in [-0.39, 0.29) is 47.0 Å². The van der Waals surface area contributed by atoms with E-state index in [0.717, 1.165) is 0 Å². The van der Waals surface area contributed by atoms with E-state index < -0.39 is 10.0 Å². The van der Waals surface area contributed by atoms with Crippen molar-refractivity contribution in [2.45, 2.75) is 4.90 Å². The largest absolute Gasteiger partial charge is 0.465 e. The molecule has 0 spiro atoms. The molecule has 1 amide bonds. The summed E-state index contributed by atoms with van der Waals surface area (Å²) in [6, 6.07) is 6.44. The number of furan rings is 1. The molecule has 0 unspecified atom stereocenters. The Balaban J connectivity index is 1.69. The maximum absolute atomic E-state index is 12.9. The smallest absolute Gasteiger partial charge is 0.246 e. The summed E-state index contributed by atoms with van der Waals surface area (Å²) in [4.78, 5) is 13.7. The summed E-state index contributed by atoms with van der Waals surface area (Å²) in [6.07, 6.45) is 4.50. The molecule has 1 aliphatic rings. The molecule has 0 atom stereocenters. The van der Waals surface area contributed by atoms with Crippen LogP contribution in [0.15, 0.2) is 50.4 Å². The third kappa shape index (κ3) is 4.57. The molecule has 0 bridgehead atoms. The molecule has 2 heterocycles. The first-order valence-corrected chi connectivity index (χ1v) is 10.9. The van der Waals surface area contributed by atoms with E-state index in [9.17, 15) is 13.2 Å². The van der Waals surface area contributed by atoms with Crippen molar-refractivity contribution in [1.82, 2.24) is 9.21 Å². The molecular weight excluding hydrogens is 479 g/mol. The Bertz CT molecular complexity index is 946. The van der Waals surface area contributed by atoms with Gasteiger partial charge in [-0.2, -0.15) is 4.31 Å². The molecule has 0 saturated carbocycles. The maximum Gasteiger partial charge on any atom is 0.246 e. The summed E-state index contributed by atoms with van der Waals surface area (Å²) in [5.41, 5.74) is 0. The molecule has 1 aromatic heterocycles. The Morgan fingerprint density at radius 1 is 1.15 bits per heavy atom. The van der Waals surface area contributed by atoms with Gasteiger partial charge in [-0.15, -0.1) is 0 Å². The average molecular weight is 494 g/mol. The molecule has 3 rings (SSSR count). The van der Waals surface area contributed by atoms with Gasteiger partial charge in [-0.3, -0.25) is 4.79 Å². The summed E-state index contributed by atoms with van der Waals surface area (Å²) < 4.78 is 32.8. The van der Waals surface area contributed by atoms with Gasteiger partial charge in [-0.05, 0) is 30.3 Å². The van der Waals surface area contributed by atoms with Crippen molar-refractivity contribution >= 4 is 61.1 Å². The predicted octanol–water partition coefficient (Wildman–Crippen LogP) is 3.90. The number of benzene rings is 1. The van der Waals surface area contributed by atoms with Crippen LogP contribution in [0.5, 0.6) is 0 Å². The van der Waals surface area contributed by atoms with Crippen LogP contribution in [0.1, 0.15) is 5.76 Å². The van der Waals surface area contributed by atoms with Gasteiger partial charge in [0.2, 0.25) is 15.9 Å². The number of carbonyl (C=O) groups is 1. The van der Waals surface area contributed by atoms with Crippen molar-refractivity contribution in [1.29, 1.82) is 0 Å². The second kappa shape index (κ2) is 8.36. The quantitative estimate of drug-likeness (QED) is 0.605. The summed E-state index contributed by atoms with van der Waals surface area (Å²) >= 11 is 15.4. The highest BCUT2D eigenvalue weighted by Gasteiger charge is 2.32. The normalized spacial score (nSPS) is 16.2. The van der Waals surface area contributed by atoms with Crippen LogP contribution in [0.2, 0.25) is 10.0 Å². The minimum atomic E-state index is -3.86. The van der Waals surface area contributed by atoms with E-state index in [0.29, 0.717) is 10.2 Å². The monoisotopic (exact) mass is 492 g/mol. The van der Waals surface area contributed by atoms with Crippen LogP contribution in [0, 0.1) is 0 Å². The predicted molar refractivity (Wildman–Crippen MR) is 107 cm³/mol. The SMILES string of the molecule is O=C(/C=C/c1ccco1)N1CCN(S(=O)(=O)c2c(Cl)cc(Br)cc2Cl)CC1. The number of carbonyl (C=O) groups excluding carboxylic acids is 1. The van der Waals surface area contributed by atoms with Gasteiger partial charge in [0, 0.05) is 36.7 Å². The molecular formula is C17H15BrCl2N2O4S. The van der Waals surface area contributed by atoms with Crippen LogP contribution in [0.4, 0.5) is 0 Å². The van der Waals surface area contributed by atoms with Crippen LogP contribution in [0.3, 0.4) is 0 Å². The summed E-state index contributed by atoms with van der Waals surface area (Å²) in [5.74, 6) is 0.368. The average Bonchev–Trinajstić information content (AvgIpc) is 3.12. The van der Waals surface area contributed by atoms with E-state index in [1.54, 1.807) is 23.1 Å². The minimum absolute atomic E-state index is 0.0502. The van der Waals surface area contributed by atoms with Crippen molar-refractivity contribution in [2.24, 2.45) is 0 Å². The fourth-order valence-electron chi connectivity index (χ4n) is 2.70. The van der Waals surface area contributed by atoms with Gasteiger partial charge in [0.25, 0.3) is 0 Å². The van der Waals surface area contributed by atoms with Crippen molar-refractivity contribution in [2.75, 3.05) is 26.2 Å². The van der Waals surface area contributed by atoms with Gasteiger partial charge in [0.05, 0.1) is 16.3 Å². The molecule has 2 aromatic rings. The lowest BCUT2D eigenvalue weighted by molar-refractivity contribution is -0.127.